The van der Waals surface area contributed by atoms with Gasteiger partial charge in [-0.05, 0) is 55.8 Å². The van der Waals surface area contributed by atoms with Gasteiger partial charge in [0.05, 0.1) is 18.2 Å². The molecule has 204 valence electrons. The number of aromatic nitrogens is 1. The van der Waals surface area contributed by atoms with Crippen molar-refractivity contribution in [1.29, 1.82) is 0 Å². The molecule has 0 aliphatic carbocycles. The predicted octanol–water partition coefficient (Wildman–Crippen LogP) is 2.82. The lowest BCUT2D eigenvalue weighted by Crippen LogP contribution is -2.43. The van der Waals surface area contributed by atoms with Crippen LogP contribution < -0.4 is 30.4 Å². The Kier molecular flexibility index (Phi) is 9.14. The zero-order chi connectivity index (χ0) is 25.8. The molecule has 0 saturated carbocycles. The van der Waals surface area contributed by atoms with Crippen LogP contribution in [-0.4, -0.2) is 68.4 Å². The Morgan fingerprint density at radius 3 is 2.53 bits per heavy atom. The van der Waals surface area contributed by atoms with E-state index in [1.807, 2.05) is 12.1 Å². The van der Waals surface area contributed by atoms with Gasteiger partial charge in [0.25, 0.3) is 11.5 Å². The molecule has 1 aromatic heterocycles. The van der Waals surface area contributed by atoms with Gasteiger partial charge in [0.2, 0.25) is 0 Å². The van der Waals surface area contributed by atoms with Crippen molar-refractivity contribution >= 4 is 29.2 Å². The third-order valence-electron chi connectivity index (χ3n) is 7.22. The Bertz CT molecular complexity index is 1340. The van der Waals surface area contributed by atoms with Crippen molar-refractivity contribution in [3.05, 3.63) is 63.9 Å². The van der Waals surface area contributed by atoms with E-state index in [1.54, 1.807) is 30.9 Å². The summed E-state index contributed by atoms with van der Waals surface area (Å²) in [6.45, 7) is 5.23. The van der Waals surface area contributed by atoms with Gasteiger partial charge < -0.3 is 34.3 Å². The number of likely N-dealkylation sites (tertiary alicyclic amines) is 1. The van der Waals surface area contributed by atoms with Gasteiger partial charge in [0.1, 0.15) is 19.0 Å². The summed E-state index contributed by atoms with van der Waals surface area (Å²) in [6, 6.07) is 13.4. The van der Waals surface area contributed by atoms with Gasteiger partial charge in [0.15, 0.2) is 11.5 Å². The van der Waals surface area contributed by atoms with E-state index in [2.05, 4.69) is 27.7 Å². The Balaban J connectivity index is 0.00000336. The van der Waals surface area contributed by atoms with Crippen LogP contribution in [0, 0.1) is 0 Å². The predicted molar refractivity (Wildman–Crippen MR) is 149 cm³/mol. The number of carbonyl (C=O) groups excluding carboxylic acids is 1. The van der Waals surface area contributed by atoms with Gasteiger partial charge in [-0.25, -0.2) is 0 Å². The highest BCUT2D eigenvalue weighted by Gasteiger charge is 2.20. The highest BCUT2D eigenvalue weighted by Crippen LogP contribution is 2.31. The lowest BCUT2D eigenvalue weighted by atomic mass is 10.0. The lowest BCUT2D eigenvalue weighted by Gasteiger charge is -2.32. The second-order valence-electron chi connectivity index (χ2n) is 9.48. The molecule has 2 aliphatic heterocycles. The number of rotatable bonds is 8. The molecule has 1 saturated heterocycles. The number of methoxy groups -OCH3 is 1. The van der Waals surface area contributed by atoms with E-state index in [4.69, 9.17) is 14.2 Å². The summed E-state index contributed by atoms with van der Waals surface area (Å²) in [6.07, 6.45) is 2.09. The number of hydrogen-bond donors (Lipinski definition) is 2. The van der Waals surface area contributed by atoms with Gasteiger partial charge in [-0.15, -0.1) is 12.4 Å². The van der Waals surface area contributed by atoms with Gasteiger partial charge in [-0.3, -0.25) is 9.59 Å². The lowest BCUT2D eigenvalue weighted by molar-refractivity contribution is 0.0964. The molecule has 10 heteroatoms. The first-order chi connectivity index (χ1) is 18.1. The van der Waals surface area contributed by atoms with E-state index in [1.165, 1.54) is 11.6 Å². The third-order valence-corrected chi connectivity index (χ3v) is 7.22. The molecule has 0 atom stereocenters. The number of nitrogens with one attached hydrogen (secondary N) is 2. The average molecular weight is 543 g/mol. The van der Waals surface area contributed by atoms with Crippen molar-refractivity contribution in [2.45, 2.75) is 32.0 Å². The topological polar surface area (TPSA) is 94.1 Å². The number of hydrogen-bond acceptors (Lipinski definition) is 7. The zero-order valence-corrected chi connectivity index (χ0v) is 22.6. The molecule has 2 aromatic carbocycles. The summed E-state index contributed by atoms with van der Waals surface area (Å²) >= 11 is 0. The summed E-state index contributed by atoms with van der Waals surface area (Å²) in [5.41, 5.74) is 2.31. The number of fused-ring (bicyclic) bond motifs is 2. The second kappa shape index (κ2) is 12.5. The van der Waals surface area contributed by atoms with Crippen LogP contribution >= 0.6 is 12.4 Å². The monoisotopic (exact) mass is 542 g/mol. The zero-order valence-electron chi connectivity index (χ0n) is 21.8. The maximum atomic E-state index is 12.8. The fourth-order valence-corrected chi connectivity index (χ4v) is 5.11. The number of piperidine rings is 1. The summed E-state index contributed by atoms with van der Waals surface area (Å²) in [5.74, 6) is 1.98. The van der Waals surface area contributed by atoms with Crippen LogP contribution in [0.2, 0.25) is 0 Å². The van der Waals surface area contributed by atoms with Crippen LogP contribution in [0.25, 0.3) is 10.9 Å². The average Bonchev–Trinajstić information content (AvgIpc) is 2.94. The fourth-order valence-electron chi connectivity index (χ4n) is 5.11. The van der Waals surface area contributed by atoms with Crippen LogP contribution in [0.1, 0.15) is 28.8 Å². The molecule has 0 unspecified atom stereocenters. The molecule has 2 aliphatic rings. The fraction of sp³-hybridized carbons (Fsp3) is 0.429. The Morgan fingerprint density at radius 2 is 1.79 bits per heavy atom. The SMILES string of the molecule is CNC(=O)c1cc(OC)cc2c1ccc(=O)n2CCN1CCC(NCc2ccc3c(c2)OCCO3)CC1.Cl. The van der Waals surface area contributed by atoms with E-state index in [9.17, 15) is 9.59 Å². The number of halogens is 1. The summed E-state index contributed by atoms with van der Waals surface area (Å²) in [7, 11) is 3.16. The number of amides is 1. The van der Waals surface area contributed by atoms with E-state index in [0.717, 1.165) is 55.9 Å². The van der Waals surface area contributed by atoms with E-state index in [-0.39, 0.29) is 23.9 Å². The number of nitrogens with zero attached hydrogens (tertiary/aromatic N) is 2. The minimum atomic E-state index is -0.208. The molecule has 5 rings (SSSR count). The van der Waals surface area contributed by atoms with Crippen LogP contribution in [0.15, 0.2) is 47.3 Å². The quantitative estimate of drug-likeness (QED) is 0.452. The van der Waals surface area contributed by atoms with Crippen LogP contribution in [0.4, 0.5) is 0 Å². The van der Waals surface area contributed by atoms with Crippen molar-refractivity contribution in [3.8, 4) is 17.2 Å². The first-order valence-corrected chi connectivity index (χ1v) is 12.8. The third kappa shape index (κ3) is 6.06. The highest BCUT2D eigenvalue weighted by molar-refractivity contribution is 6.06. The van der Waals surface area contributed by atoms with Crippen molar-refractivity contribution < 1.29 is 19.0 Å². The molecular formula is C28H35ClN4O5. The molecule has 1 fully saturated rings. The van der Waals surface area contributed by atoms with Gasteiger partial charge in [0, 0.05) is 50.2 Å². The molecule has 3 heterocycles. The summed E-state index contributed by atoms with van der Waals surface area (Å²) < 4.78 is 18.5. The standard InChI is InChI=1S/C28H34N4O5.ClH/c1-29-28(34)23-16-21(35-2)17-24-22(23)4-6-27(33)32(24)12-11-31-9-7-20(8-10-31)30-18-19-3-5-25-26(15-19)37-14-13-36-25;/h3-6,15-17,20,30H,7-14,18H2,1-2H3,(H,29,34);1H. The largest absolute Gasteiger partial charge is 0.497 e. The molecule has 38 heavy (non-hydrogen) atoms. The van der Waals surface area contributed by atoms with Gasteiger partial charge in [-0.1, -0.05) is 6.07 Å². The number of pyridine rings is 1. The van der Waals surface area contributed by atoms with Crippen molar-refractivity contribution in [1.82, 2.24) is 20.1 Å². The van der Waals surface area contributed by atoms with E-state index < -0.39 is 0 Å². The molecule has 9 nitrogen and oxygen atoms in total. The minimum Gasteiger partial charge on any atom is -0.497 e. The van der Waals surface area contributed by atoms with Gasteiger partial charge >= 0.3 is 0 Å². The summed E-state index contributed by atoms with van der Waals surface area (Å²) in [4.78, 5) is 27.6. The van der Waals surface area contributed by atoms with Crippen molar-refractivity contribution in [2.75, 3.05) is 47.0 Å². The van der Waals surface area contributed by atoms with Crippen molar-refractivity contribution in [2.24, 2.45) is 0 Å². The molecule has 2 N–H and O–H groups in total. The molecule has 0 spiro atoms. The smallest absolute Gasteiger partial charge is 0.251 e. The molecule has 0 bridgehead atoms. The Labute approximate surface area is 228 Å². The van der Waals surface area contributed by atoms with Crippen LogP contribution in [0.5, 0.6) is 17.2 Å². The number of carbonyl (C=O) groups is 1. The Morgan fingerprint density at radius 1 is 1.03 bits per heavy atom. The molecular weight excluding hydrogens is 508 g/mol. The van der Waals surface area contributed by atoms with Crippen molar-refractivity contribution in [3.63, 3.8) is 0 Å². The molecule has 1 amide bonds. The first kappa shape index (κ1) is 27.8. The highest BCUT2D eigenvalue weighted by atomic mass is 35.5. The normalized spacial score (nSPS) is 15.6. The maximum Gasteiger partial charge on any atom is 0.251 e. The van der Waals surface area contributed by atoms with Gasteiger partial charge in [-0.2, -0.15) is 0 Å². The second-order valence-corrected chi connectivity index (χ2v) is 9.48. The summed E-state index contributed by atoms with van der Waals surface area (Å²) in [5, 5.41) is 7.09. The Hall–Kier alpha value is -3.27. The minimum absolute atomic E-state index is 0. The number of benzene rings is 2. The van der Waals surface area contributed by atoms with Crippen LogP contribution in [0.3, 0.4) is 0 Å². The molecule has 0 radical (unpaired) electrons. The first-order valence-electron chi connectivity index (χ1n) is 12.8. The van der Waals surface area contributed by atoms with E-state index >= 15 is 0 Å². The maximum absolute atomic E-state index is 12.8. The molecule has 3 aromatic rings. The van der Waals surface area contributed by atoms with Crippen LogP contribution in [-0.2, 0) is 13.1 Å². The van der Waals surface area contributed by atoms with E-state index in [0.29, 0.717) is 42.6 Å². The number of ether oxygens (including phenoxy) is 3.